The van der Waals surface area contributed by atoms with Gasteiger partial charge >= 0.3 is 0 Å². The van der Waals surface area contributed by atoms with Gasteiger partial charge in [-0.25, -0.2) is 9.67 Å². The van der Waals surface area contributed by atoms with Crippen LogP contribution in [0.3, 0.4) is 0 Å². The Morgan fingerprint density at radius 1 is 1.19 bits per heavy atom. The van der Waals surface area contributed by atoms with Crippen LogP contribution in [-0.2, 0) is 4.79 Å². The lowest BCUT2D eigenvalue weighted by Crippen LogP contribution is -2.24. The van der Waals surface area contributed by atoms with Crippen LogP contribution in [0, 0.1) is 0 Å². The second kappa shape index (κ2) is 8.30. The zero-order chi connectivity index (χ0) is 22.3. The normalized spacial score (nSPS) is 14.3. The van der Waals surface area contributed by atoms with Gasteiger partial charge in [0.2, 0.25) is 5.91 Å². The molecule has 31 heavy (non-hydrogen) atoms. The lowest BCUT2D eigenvalue weighted by Gasteiger charge is -2.18. The molecule has 2 amide bonds. The first-order chi connectivity index (χ1) is 14.8. The Balaban J connectivity index is 1.67. The molecular formula is C23H26ClN5O2. The summed E-state index contributed by atoms with van der Waals surface area (Å²) >= 11 is 6.44. The summed E-state index contributed by atoms with van der Waals surface area (Å²) in [6.07, 6.45) is 3.06. The third-order valence-electron chi connectivity index (χ3n) is 5.48. The van der Waals surface area contributed by atoms with Gasteiger partial charge < -0.3 is 10.2 Å². The molecule has 3 heterocycles. The van der Waals surface area contributed by atoms with Crippen LogP contribution in [0.15, 0.2) is 30.5 Å². The zero-order valence-corrected chi connectivity index (χ0v) is 18.9. The molecular weight excluding hydrogens is 414 g/mol. The molecule has 0 unspecified atom stereocenters. The molecule has 0 bridgehead atoms. The van der Waals surface area contributed by atoms with E-state index in [4.69, 9.17) is 16.6 Å². The fraction of sp³-hybridized carbons (Fsp3) is 0.391. The zero-order valence-electron chi connectivity index (χ0n) is 18.1. The van der Waals surface area contributed by atoms with Crippen LogP contribution in [-0.4, -0.2) is 33.1 Å². The molecule has 7 nitrogen and oxygen atoms in total. The third kappa shape index (κ3) is 4.02. The fourth-order valence-electron chi connectivity index (χ4n) is 3.80. The van der Waals surface area contributed by atoms with E-state index >= 15 is 0 Å². The quantitative estimate of drug-likeness (QED) is 0.594. The van der Waals surface area contributed by atoms with E-state index < -0.39 is 0 Å². The number of anilines is 2. The highest BCUT2D eigenvalue weighted by Gasteiger charge is 2.24. The Hall–Kier alpha value is -2.93. The maximum Gasteiger partial charge on any atom is 0.256 e. The van der Waals surface area contributed by atoms with E-state index in [2.05, 4.69) is 10.4 Å². The van der Waals surface area contributed by atoms with Crippen LogP contribution in [0.2, 0.25) is 5.02 Å². The van der Waals surface area contributed by atoms with E-state index in [1.165, 1.54) is 0 Å². The molecule has 1 N–H and O–H groups in total. The second-order valence-corrected chi connectivity index (χ2v) is 8.85. The van der Waals surface area contributed by atoms with Crippen molar-refractivity contribution in [3.05, 3.63) is 46.7 Å². The second-order valence-electron chi connectivity index (χ2n) is 8.44. The summed E-state index contributed by atoms with van der Waals surface area (Å²) < 4.78 is 1.83. The predicted octanol–water partition coefficient (Wildman–Crippen LogP) is 5.17. The van der Waals surface area contributed by atoms with Crippen molar-refractivity contribution in [2.24, 2.45) is 0 Å². The molecule has 4 rings (SSSR count). The van der Waals surface area contributed by atoms with Crippen LogP contribution in [0.1, 0.15) is 68.5 Å². The first-order valence-corrected chi connectivity index (χ1v) is 10.9. The minimum atomic E-state index is -0.251. The smallest absolute Gasteiger partial charge is 0.256 e. The summed E-state index contributed by atoms with van der Waals surface area (Å²) in [6, 6.07) is 7.18. The molecule has 1 aliphatic heterocycles. The van der Waals surface area contributed by atoms with Crippen LogP contribution >= 0.6 is 11.6 Å². The number of nitrogens with zero attached hydrogens (tertiary/aromatic N) is 4. The number of halogens is 1. The molecule has 3 aromatic rings. The Kier molecular flexibility index (Phi) is 5.71. The molecule has 0 spiro atoms. The van der Waals surface area contributed by atoms with Crippen molar-refractivity contribution < 1.29 is 9.59 Å². The van der Waals surface area contributed by atoms with Crippen LogP contribution in [0.5, 0.6) is 0 Å². The number of carbonyl (C=O) groups is 2. The Morgan fingerprint density at radius 3 is 2.58 bits per heavy atom. The number of carbonyl (C=O) groups excluding carboxylic acids is 2. The molecule has 1 fully saturated rings. The topological polar surface area (TPSA) is 80.1 Å². The van der Waals surface area contributed by atoms with Crippen LogP contribution < -0.4 is 10.2 Å². The fourth-order valence-corrected chi connectivity index (χ4v) is 4.09. The van der Waals surface area contributed by atoms with E-state index in [9.17, 15) is 9.59 Å². The predicted molar refractivity (Wildman–Crippen MR) is 123 cm³/mol. The minimum Gasteiger partial charge on any atom is -0.322 e. The highest BCUT2D eigenvalue weighted by atomic mass is 35.5. The molecule has 0 saturated carbocycles. The van der Waals surface area contributed by atoms with E-state index in [1.807, 2.05) is 38.4 Å². The van der Waals surface area contributed by atoms with Crippen molar-refractivity contribution in [3.8, 4) is 0 Å². The Morgan fingerprint density at radius 2 is 1.97 bits per heavy atom. The molecule has 2 aromatic heterocycles. The average molecular weight is 440 g/mol. The standard InChI is InChI=1S/C23H26ClN5O2/c1-13(2)19-11-16(17-12-25-29(14(3)4)22(17)27-19)23(31)26-15-7-8-20(18(24)10-15)28-9-5-6-21(28)30/h7-8,10-14H,5-6,9H2,1-4H3,(H,26,31). The number of nitrogens with one attached hydrogen (secondary N) is 1. The average Bonchev–Trinajstić information content (AvgIpc) is 3.33. The number of hydrogen-bond acceptors (Lipinski definition) is 4. The van der Waals surface area contributed by atoms with Gasteiger partial charge in [0, 0.05) is 30.4 Å². The monoisotopic (exact) mass is 439 g/mol. The Bertz CT molecular complexity index is 1170. The highest BCUT2D eigenvalue weighted by molar-refractivity contribution is 6.34. The summed E-state index contributed by atoms with van der Waals surface area (Å²) in [5.74, 6) is -0.0156. The number of fused-ring (bicyclic) bond motifs is 1. The van der Waals surface area contributed by atoms with Gasteiger partial charge in [-0.2, -0.15) is 5.10 Å². The first-order valence-electron chi connectivity index (χ1n) is 10.6. The molecule has 1 aromatic carbocycles. The van der Waals surface area contributed by atoms with Gasteiger partial charge in [-0.05, 0) is 50.5 Å². The number of amides is 2. The minimum absolute atomic E-state index is 0.0706. The summed E-state index contributed by atoms with van der Waals surface area (Å²) in [6.45, 7) is 8.82. The van der Waals surface area contributed by atoms with Crippen molar-refractivity contribution in [1.29, 1.82) is 0 Å². The lowest BCUT2D eigenvalue weighted by molar-refractivity contribution is -0.117. The molecule has 1 saturated heterocycles. The molecule has 0 radical (unpaired) electrons. The number of hydrogen-bond donors (Lipinski definition) is 1. The van der Waals surface area contributed by atoms with Crippen LogP contribution in [0.25, 0.3) is 11.0 Å². The lowest BCUT2D eigenvalue weighted by atomic mass is 10.0. The molecule has 1 aliphatic rings. The van der Waals surface area contributed by atoms with E-state index in [0.29, 0.717) is 46.0 Å². The summed E-state index contributed by atoms with van der Waals surface area (Å²) in [4.78, 5) is 31.7. The van der Waals surface area contributed by atoms with Gasteiger partial charge in [-0.15, -0.1) is 0 Å². The number of benzene rings is 1. The van der Waals surface area contributed by atoms with Crippen molar-refractivity contribution in [2.75, 3.05) is 16.8 Å². The number of aromatic nitrogens is 3. The van der Waals surface area contributed by atoms with Gasteiger partial charge in [-0.3, -0.25) is 9.59 Å². The van der Waals surface area contributed by atoms with E-state index in [-0.39, 0.29) is 23.8 Å². The van der Waals surface area contributed by atoms with Crippen molar-refractivity contribution in [3.63, 3.8) is 0 Å². The maximum absolute atomic E-state index is 13.2. The van der Waals surface area contributed by atoms with Gasteiger partial charge in [0.1, 0.15) is 0 Å². The van der Waals surface area contributed by atoms with Gasteiger partial charge in [0.15, 0.2) is 5.65 Å². The molecule has 8 heteroatoms. The number of pyridine rings is 1. The van der Waals surface area contributed by atoms with E-state index in [1.54, 1.807) is 29.3 Å². The molecule has 162 valence electrons. The van der Waals surface area contributed by atoms with E-state index in [0.717, 1.165) is 12.1 Å². The SMILES string of the molecule is CC(C)c1cc(C(=O)Nc2ccc(N3CCCC3=O)c(Cl)c2)c2cnn(C(C)C)c2n1. The maximum atomic E-state index is 13.2. The van der Waals surface area contributed by atoms with Crippen LogP contribution in [0.4, 0.5) is 11.4 Å². The largest absolute Gasteiger partial charge is 0.322 e. The third-order valence-corrected chi connectivity index (χ3v) is 5.78. The highest BCUT2D eigenvalue weighted by Crippen LogP contribution is 2.32. The summed E-state index contributed by atoms with van der Waals surface area (Å²) in [7, 11) is 0. The van der Waals surface area contributed by atoms with Gasteiger partial charge in [0.05, 0.1) is 27.9 Å². The first kappa shape index (κ1) is 21.3. The summed E-state index contributed by atoms with van der Waals surface area (Å²) in [5.41, 5.74) is 3.30. The van der Waals surface area contributed by atoms with Gasteiger partial charge in [-0.1, -0.05) is 25.4 Å². The number of rotatable bonds is 5. The van der Waals surface area contributed by atoms with Crippen molar-refractivity contribution in [2.45, 2.75) is 52.5 Å². The molecule has 0 atom stereocenters. The van der Waals surface area contributed by atoms with Gasteiger partial charge in [0.25, 0.3) is 5.91 Å². The molecule has 0 aliphatic carbocycles. The van der Waals surface area contributed by atoms with Crippen molar-refractivity contribution >= 4 is 45.8 Å². The summed E-state index contributed by atoms with van der Waals surface area (Å²) in [5, 5.41) is 8.51. The van der Waals surface area contributed by atoms with Crippen molar-refractivity contribution in [1.82, 2.24) is 14.8 Å². The Labute approximate surface area is 186 Å².